The minimum Gasteiger partial charge on any atom is -0.472 e. The number of carbonyl (C=O) groups excluding carboxylic acids is 9. The van der Waals surface area contributed by atoms with E-state index in [0.29, 0.717) is 84.5 Å². The van der Waals surface area contributed by atoms with Crippen molar-refractivity contribution in [3.05, 3.63) is 132 Å². The van der Waals surface area contributed by atoms with E-state index in [1.165, 1.54) is 21.9 Å². The highest BCUT2D eigenvalue weighted by Gasteiger charge is 2.66. The number of nitrogens with one attached hydrogen (secondary N) is 2. The Morgan fingerprint density at radius 2 is 0.957 bits per heavy atom. The van der Waals surface area contributed by atoms with Crippen molar-refractivity contribution in [2.45, 2.75) is 224 Å². The number of Topliss-reactive ketones (excluding diaryl/α,β-unsaturated/α-hetero) is 3. The molecule has 4 aromatic heterocycles. The average Bonchev–Trinajstić information content (AvgIpc) is 1.58. The van der Waals surface area contributed by atoms with E-state index >= 15 is 8.78 Å². The summed E-state index contributed by atoms with van der Waals surface area (Å²) in [4.78, 5) is 138. The molecule has 2 N–H and O–H groups in total. The number of alkyl halides is 2. The Hall–Kier alpha value is -10.0. The predicted octanol–water partition coefficient (Wildman–Crippen LogP) is 14.9. The van der Waals surface area contributed by atoms with Crippen LogP contribution < -0.4 is 20.1 Å². The van der Waals surface area contributed by atoms with Crippen LogP contribution in [0.25, 0.3) is 43.4 Å². The Bertz CT molecular complexity index is 5060. The summed E-state index contributed by atoms with van der Waals surface area (Å²) in [5.74, 6) is -6.57. The minimum atomic E-state index is -4.97. The molecule has 5 saturated heterocycles. The van der Waals surface area contributed by atoms with Crippen molar-refractivity contribution >= 4 is 108 Å². The first-order valence-corrected chi connectivity index (χ1v) is 41.5. The molecule has 9 heterocycles. The van der Waals surface area contributed by atoms with Crippen molar-refractivity contribution in [1.82, 2.24) is 45.0 Å². The maximum atomic E-state index is 15.4. The van der Waals surface area contributed by atoms with Crippen LogP contribution in [0.2, 0.25) is 0 Å². The van der Waals surface area contributed by atoms with Gasteiger partial charge in [0.25, 0.3) is 23.2 Å². The zero-order valence-corrected chi connectivity index (χ0v) is 67.8. The van der Waals surface area contributed by atoms with Crippen molar-refractivity contribution in [3.8, 4) is 11.8 Å². The number of ether oxygens (including phenoxy) is 5. The fourth-order valence-electron chi connectivity index (χ4n) is 16.8. The van der Waals surface area contributed by atoms with Gasteiger partial charge in [-0.05, 0) is 141 Å². The monoisotopic (exact) mass is 1640 g/mol. The average molecular weight is 1640 g/mol. The summed E-state index contributed by atoms with van der Waals surface area (Å²) in [6.45, 7) is 14.2. The van der Waals surface area contributed by atoms with Crippen LogP contribution in [0.15, 0.2) is 118 Å². The molecular weight excluding hydrogens is 1540 g/mol. The lowest BCUT2D eigenvalue weighted by Gasteiger charge is -2.30. The molecule has 0 unspecified atom stereocenters. The minimum absolute atomic E-state index is 0.00116. The summed E-state index contributed by atoms with van der Waals surface area (Å²) < 4.78 is 107. The number of amides is 4. The van der Waals surface area contributed by atoms with Gasteiger partial charge in [-0.3, -0.25) is 43.2 Å². The molecule has 0 spiro atoms. The number of pyridine rings is 2. The first-order chi connectivity index (χ1) is 55.5. The Balaban J connectivity index is 0.000000181. The number of carbonyl (C=O) groups is 9. The lowest BCUT2D eigenvalue weighted by atomic mass is 9.89. The van der Waals surface area contributed by atoms with Crippen molar-refractivity contribution in [2.24, 2.45) is 22.7 Å². The van der Waals surface area contributed by atoms with E-state index < -0.39 is 136 Å². The highest BCUT2D eigenvalue weighted by Crippen LogP contribution is 2.62. The highest BCUT2D eigenvalue weighted by atomic mass is 32.3. The molecule has 2 aliphatic carbocycles. The molecule has 117 heavy (non-hydrogen) atoms. The number of fused-ring (bicyclic) bond motifs is 10. The van der Waals surface area contributed by atoms with Gasteiger partial charge in [-0.1, -0.05) is 109 Å². The number of hydrogen-bond donors (Lipinski definition) is 2. The van der Waals surface area contributed by atoms with Gasteiger partial charge in [0, 0.05) is 98.1 Å². The first-order valence-electron chi connectivity index (χ1n) is 40.2. The zero-order valence-electron chi connectivity index (χ0n) is 66.9. The van der Waals surface area contributed by atoms with Crippen molar-refractivity contribution in [1.29, 1.82) is 0 Å². The highest BCUT2D eigenvalue weighted by molar-refractivity contribution is 8.18. The second-order valence-electron chi connectivity index (χ2n) is 34.0. The van der Waals surface area contributed by atoms with E-state index in [9.17, 15) is 54.8 Å². The van der Waals surface area contributed by atoms with Crippen molar-refractivity contribution in [3.63, 3.8) is 0 Å². The number of rotatable bonds is 11. The number of aromatic nitrogens is 4. The van der Waals surface area contributed by atoms with Gasteiger partial charge in [0.05, 0.1) is 60.3 Å². The van der Waals surface area contributed by atoms with E-state index in [2.05, 4.69) is 20.9 Å². The number of nitrogens with zero attached hydrogens (tertiary/aromatic N) is 7. The van der Waals surface area contributed by atoms with Crippen molar-refractivity contribution < 1.29 is 96.3 Å². The molecule has 2 saturated carbocycles. The molecule has 10 atom stereocenters. The van der Waals surface area contributed by atoms with E-state index in [1.807, 2.05) is 97.1 Å². The summed E-state index contributed by atoms with van der Waals surface area (Å²) in [5.41, 5.74) is -2.79. The normalized spacial score (nSPS) is 25.9. The fraction of sp³-hybridized carbons (Fsp3) is 0.523. The SMILES string of the molecule is Cc1cc(C(=O)N[C@H]2CCCCCC(=O)C[C@@H]3C[C@@]3(C(=O)OC(C)(C)C)CC(=O)[C@@H]3C[C@@H](Oc4nc5ccccc5c5ccccc45)CN3C2=O)no1.Cc1cc(C(=O)N[C@H]2CCCCCC(F)(F)C[C@@H]3C[C@@]3(C(=O)OC(C)(C)C)CC(=O)[C@@H]3C[C@@H](Oc4nc5ccccc5c5ccccc45)CN3C2=O)no1.FS(F)(F)N1CCOCC1. The Morgan fingerprint density at radius 3 is 1.38 bits per heavy atom. The van der Waals surface area contributed by atoms with Crippen LogP contribution in [0.3, 0.4) is 0 Å². The smallest absolute Gasteiger partial charge is 0.313 e. The molecular formula is C86H100F5N9O16S. The quantitative estimate of drug-likeness (QED) is 0.0690. The molecule has 4 aromatic carbocycles. The largest absolute Gasteiger partial charge is 0.472 e. The number of aryl methyl sites for hydroxylation is 2. The van der Waals surface area contributed by atoms with Crippen LogP contribution in [-0.4, -0.2) is 180 Å². The fourth-order valence-corrected chi connectivity index (χ4v) is 17.3. The van der Waals surface area contributed by atoms with Crippen LogP contribution in [0.4, 0.5) is 20.4 Å². The molecule has 0 bridgehead atoms. The number of para-hydroxylation sites is 2. The third-order valence-electron chi connectivity index (χ3n) is 22.8. The molecule has 626 valence electrons. The van der Waals surface area contributed by atoms with Crippen LogP contribution in [0.1, 0.15) is 190 Å². The first kappa shape index (κ1) is 84.9. The van der Waals surface area contributed by atoms with Gasteiger partial charge in [-0.25, -0.2) is 18.7 Å². The molecule has 0 radical (unpaired) electrons. The summed E-state index contributed by atoms with van der Waals surface area (Å²) in [6.07, 6.45) is 1.65. The second kappa shape index (κ2) is 34.9. The third-order valence-corrected chi connectivity index (χ3v) is 23.7. The second-order valence-corrected chi connectivity index (χ2v) is 35.2. The van der Waals surface area contributed by atoms with Gasteiger partial charge < -0.3 is 53.2 Å². The number of benzene rings is 4. The van der Waals surface area contributed by atoms with Gasteiger partial charge >= 0.3 is 11.9 Å². The maximum Gasteiger partial charge on any atom is 0.313 e. The number of esters is 2. The summed E-state index contributed by atoms with van der Waals surface area (Å²) in [7, 11) is 0. The number of hydrogen-bond acceptors (Lipinski definition) is 21. The van der Waals surface area contributed by atoms with Crippen LogP contribution >= 0.6 is 11.4 Å². The number of halogens is 5. The standard InChI is InChI=1S/C41H46F2N4O7.C41H46N4O8.C4H8F3NOS/c1-24-18-32(46-54-24)35(49)44-31-16-6-5-11-17-41(42,43)21-25-20-40(25,38(51)53-39(2,3)4)22-34(48)33-19-26(23-47(33)37(31)50)52-36-29-14-8-7-12-27(29)28-13-9-10-15-30(28)45-36;1-24-18-33(44-53-24)36(48)42-32-17-7-5-6-12-26(46)19-25-21-41(25,39(50)52-40(2,3)4)22-35(47)34-20-27(23-45(34)38(32)49)51-37-30-15-9-8-13-28(30)29-14-10-11-16-31(29)43-37;5-10(6,7)8-1-3-9-4-2-8/h7-10,12-15,18,25-26,31,33H,5-6,11,16-17,19-23H2,1-4H3,(H,44,49);8-11,13-16,18,25,27,32,34H,5-7,12,17,19-23H2,1-4H3,(H,42,48);1-4H2/t25-,26+,31-,33-,40+;25-,27-,32+,34+,41-;/m01./s1. The summed E-state index contributed by atoms with van der Waals surface area (Å²) in [5, 5.41) is 18.6. The summed E-state index contributed by atoms with van der Waals surface area (Å²) >= 11 is -4.97. The lowest BCUT2D eigenvalue weighted by Crippen LogP contribution is -2.52. The topological polar surface area (TPSA) is 311 Å². The van der Waals surface area contributed by atoms with Gasteiger partial charge in [0.15, 0.2) is 23.0 Å². The third kappa shape index (κ3) is 20.2. The van der Waals surface area contributed by atoms with E-state index in [0.717, 1.165) is 37.8 Å². The number of ketones is 3. The van der Waals surface area contributed by atoms with Gasteiger partial charge in [-0.2, -0.15) is 4.31 Å². The Labute approximate surface area is 676 Å². The molecule has 15 rings (SSSR count). The molecule has 5 aliphatic heterocycles. The molecule has 7 aliphatic rings. The lowest BCUT2D eigenvalue weighted by molar-refractivity contribution is -0.165. The van der Waals surface area contributed by atoms with Gasteiger partial charge in [-0.15, -0.1) is 11.7 Å². The Kier molecular flexibility index (Phi) is 25.3. The molecule has 4 amide bonds. The zero-order chi connectivity index (χ0) is 83.5. The molecule has 25 nitrogen and oxygen atoms in total. The van der Waals surface area contributed by atoms with Crippen molar-refractivity contribution in [2.75, 3.05) is 39.4 Å². The summed E-state index contributed by atoms with van der Waals surface area (Å²) in [6, 6.07) is 29.8. The van der Waals surface area contributed by atoms with Crippen LogP contribution in [0.5, 0.6) is 11.8 Å². The molecule has 31 heteroatoms. The van der Waals surface area contributed by atoms with Crippen LogP contribution in [-0.2, 0) is 47.8 Å². The Morgan fingerprint density at radius 1 is 0.538 bits per heavy atom. The van der Waals surface area contributed by atoms with Gasteiger partial charge in [0.2, 0.25) is 29.5 Å². The van der Waals surface area contributed by atoms with Gasteiger partial charge in [0.1, 0.15) is 52.8 Å². The number of morpholine rings is 1. The molecule has 8 aromatic rings. The van der Waals surface area contributed by atoms with E-state index in [4.69, 9.17) is 42.7 Å². The predicted molar refractivity (Wildman–Crippen MR) is 423 cm³/mol. The van der Waals surface area contributed by atoms with E-state index in [1.54, 1.807) is 55.4 Å². The van der Waals surface area contributed by atoms with Crippen LogP contribution in [0, 0.1) is 36.5 Å². The van der Waals surface area contributed by atoms with E-state index in [-0.39, 0.29) is 120 Å². The molecule has 7 fully saturated rings. The maximum absolute atomic E-state index is 15.4.